The number of hydrogen-bond donors (Lipinski definition) is 1. The molecule has 1 unspecified atom stereocenters. The first-order valence-corrected chi connectivity index (χ1v) is 6.59. The maximum Gasteiger partial charge on any atom is 0.222 e. The largest absolute Gasteiger partial charge is 0.341 e. The van der Waals surface area contributed by atoms with Gasteiger partial charge in [-0.05, 0) is 31.0 Å². The van der Waals surface area contributed by atoms with Gasteiger partial charge in [-0.1, -0.05) is 29.3 Å². The highest BCUT2D eigenvalue weighted by molar-refractivity contribution is 6.42. The highest BCUT2D eigenvalue weighted by atomic mass is 35.5. The van der Waals surface area contributed by atoms with Crippen LogP contribution in [0.4, 0.5) is 0 Å². The van der Waals surface area contributed by atoms with Crippen LogP contribution >= 0.6 is 35.6 Å². The Morgan fingerprint density at radius 2 is 2.00 bits per heavy atom. The lowest BCUT2D eigenvalue weighted by Gasteiger charge is -2.18. The predicted molar refractivity (Wildman–Crippen MR) is 83.1 cm³/mol. The van der Waals surface area contributed by atoms with E-state index in [2.05, 4.69) is 0 Å². The van der Waals surface area contributed by atoms with E-state index < -0.39 is 0 Å². The lowest BCUT2D eigenvalue weighted by atomic mass is 10.1. The van der Waals surface area contributed by atoms with Crippen molar-refractivity contribution in [3.63, 3.8) is 0 Å². The summed E-state index contributed by atoms with van der Waals surface area (Å²) >= 11 is 11.8. The number of carbonyl (C=O) groups excluding carboxylic acids is 1. The van der Waals surface area contributed by atoms with Gasteiger partial charge in [-0.25, -0.2) is 0 Å². The van der Waals surface area contributed by atoms with Gasteiger partial charge in [0.25, 0.3) is 0 Å². The van der Waals surface area contributed by atoms with E-state index in [0.717, 1.165) is 5.56 Å². The molecule has 1 aromatic carbocycles. The first-order valence-electron chi connectivity index (χ1n) is 5.83. The Morgan fingerprint density at radius 1 is 1.37 bits per heavy atom. The SMILES string of the molecule is CC(N)CCC(=O)N(C)Cc1ccc(Cl)c(Cl)c1.Cl. The smallest absolute Gasteiger partial charge is 0.222 e. The molecule has 0 heterocycles. The number of benzene rings is 1. The van der Waals surface area contributed by atoms with Crippen molar-refractivity contribution in [1.29, 1.82) is 0 Å². The van der Waals surface area contributed by atoms with E-state index in [1.54, 1.807) is 24.1 Å². The summed E-state index contributed by atoms with van der Waals surface area (Å²) in [5.74, 6) is 0.0818. The van der Waals surface area contributed by atoms with Crippen LogP contribution in [0.2, 0.25) is 10.0 Å². The second kappa shape index (κ2) is 8.64. The lowest BCUT2D eigenvalue weighted by Crippen LogP contribution is -2.27. The molecule has 0 aliphatic heterocycles. The van der Waals surface area contributed by atoms with Crippen LogP contribution in [0, 0.1) is 0 Å². The lowest BCUT2D eigenvalue weighted by molar-refractivity contribution is -0.130. The summed E-state index contributed by atoms with van der Waals surface area (Å²) in [4.78, 5) is 13.5. The molecule has 0 radical (unpaired) electrons. The molecule has 0 aliphatic carbocycles. The molecule has 0 aromatic heterocycles. The molecule has 1 aromatic rings. The van der Waals surface area contributed by atoms with Crippen molar-refractivity contribution in [3.05, 3.63) is 33.8 Å². The standard InChI is InChI=1S/C13H18Cl2N2O.ClH/c1-9(16)3-6-13(18)17(2)8-10-4-5-11(14)12(15)7-10;/h4-5,7,9H,3,6,8,16H2,1-2H3;1H. The fourth-order valence-electron chi connectivity index (χ4n) is 1.54. The minimum atomic E-state index is 0. The summed E-state index contributed by atoms with van der Waals surface area (Å²) in [5.41, 5.74) is 6.59. The first-order chi connectivity index (χ1) is 8.40. The highest BCUT2D eigenvalue weighted by Crippen LogP contribution is 2.23. The third-order valence-corrected chi connectivity index (χ3v) is 3.38. The third-order valence-electron chi connectivity index (χ3n) is 2.64. The Hall–Kier alpha value is -0.480. The zero-order valence-corrected chi connectivity index (χ0v) is 13.4. The molecule has 0 aliphatic rings. The van der Waals surface area contributed by atoms with Crippen LogP contribution in [-0.2, 0) is 11.3 Å². The van der Waals surface area contributed by atoms with E-state index in [1.165, 1.54) is 0 Å². The van der Waals surface area contributed by atoms with E-state index in [1.807, 2.05) is 13.0 Å². The highest BCUT2D eigenvalue weighted by Gasteiger charge is 2.10. The summed E-state index contributed by atoms with van der Waals surface area (Å²) in [6.45, 7) is 2.42. The van der Waals surface area contributed by atoms with Crippen molar-refractivity contribution >= 4 is 41.5 Å². The second-order valence-corrected chi connectivity index (χ2v) is 5.33. The summed E-state index contributed by atoms with van der Waals surface area (Å²) in [6, 6.07) is 5.43. The fraction of sp³-hybridized carbons (Fsp3) is 0.462. The number of carbonyl (C=O) groups is 1. The van der Waals surface area contributed by atoms with Crippen molar-refractivity contribution < 1.29 is 4.79 Å². The normalized spacial score (nSPS) is 11.6. The van der Waals surface area contributed by atoms with Gasteiger partial charge in [-0.3, -0.25) is 4.79 Å². The molecular formula is C13H19Cl3N2O. The zero-order chi connectivity index (χ0) is 13.7. The van der Waals surface area contributed by atoms with Crippen molar-refractivity contribution in [2.24, 2.45) is 5.73 Å². The van der Waals surface area contributed by atoms with Gasteiger partial charge < -0.3 is 10.6 Å². The molecule has 0 saturated heterocycles. The van der Waals surface area contributed by atoms with Gasteiger partial charge in [0.15, 0.2) is 0 Å². The number of nitrogens with zero attached hydrogens (tertiary/aromatic N) is 1. The number of halogens is 3. The van der Waals surface area contributed by atoms with Crippen LogP contribution in [0.5, 0.6) is 0 Å². The van der Waals surface area contributed by atoms with Crippen molar-refractivity contribution in [2.45, 2.75) is 32.4 Å². The number of hydrogen-bond acceptors (Lipinski definition) is 2. The average Bonchev–Trinajstić information content (AvgIpc) is 2.30. The maximum atomic E-state index is 11.8. The molecular weight excluding hydrogens is 307 g/mol. The van der Waals surface area contributed by atoms with Gasteiger partial charge in [0.05, 0.1) is 10.0 Å². The number of amides is 1. The van der Waals surface area contributed by atoms with Crippen molar-refractivity contribution in [3.8, 4) is 0 Å². The van der Waals surface area contributed by atoms with E-state index >= 15 is 0 Å². The van der Waals surface area contributed by atoms with E-state index in [-0.39, 0.29) is 24.4 Å². The topological polar surface area (TPSA) is 46.3 Å². The Labute approximate surface area is 130 Å². The van der Waals surface area contributed by atoms with E-state index in [0.29, 0.717) is 29.4 Å². The van der Waals surface area contributed by atoms with Crippen LogP contribution in [0.3, 0.4) is 0 Å². The molecule has 0 spiro atoms. The predicted octanol–water partition coefficient (Wildman–Crippen LogP) is 3.50. The molecule has 1 atom stereocenters. The van der Waals surface area contributed by atoms with Crippen LogP contribution in [-0.4, -0.2) is 23.9 Å². The molecule has 1 rings (SSSR count). The fourth-order valence-corrected chi connectivity index (χ4v) is 1.86. The molecule has 3 nitrogen and oxygen atoms in total. The molecule has 0 bridgehead atoms. The molecule has 0 saturated carbocycles. The molecule has 19 heavy (non-hydrogen) atoms. The van der Waals surface area contributed by atoms with Gasteiger partial charge in [0.1, 0.15) is 0 Å². The van der Waals surface area contributed by atoms with Crippen LogP contribution < -0.4 is 5.73 Å². The molecule has 0 fully saturated rings. The maximum absolute atomic E-state index is 11.8. The molecule has 1 amide bonds. The van der Waals surface area contributed by atoms with Crippen molar-refractivity contribution in [2.75, 3.05) is 7.05 Å². The number of rotatable bonds is 5. The molecule has 6 heteroatoms. The Bertz CT molecular complexity index is 424. The minimum Gasteiger partial charge on any atom is -0.341 e. The van der Waals surface area contributed by atoms with Gasteiger partial charge in [-0.15, -0.1) is 12.4 Å². The van der Waals surface area contributed by atoms with Gasteiger partial charge in [0.2, 0.25) is 5.91 Å². The van der Waals surface area contributed by atoms with Crippen LogP contribution in [0.25, 0.3) is 0 Å². The number of nitrogens with two attached hydrogens (primary N) is 1. The Morgan fingerprint density at radius 3 is 2.53 bits per heavy atom. The third kappa shape index (κ3) is 6.48. The Balaban J connectivity index is 0.00000324. The van der Waals surface area contributed by atoms with Crippen LogP contribution in [0.15, 0.2) is 18.2 Å². The van der Waals surface area contributed by atoms with Crippen molar-refractivity contribution in [1.82, 2.24) is 4.90 Å². The monoisotopic (exact) mass is 324 g/mol. The van der Waals surface area contributed by atoms with E-state index in [9.17, 15) is 4.79 Å². The summed E-state index contributed by atoms with van der Waals surface area (Å²) < 4.78 is 0. The first kappa shape index (κ1) is 18.5. The summed E-state index contributed by atoms with van der Waals surface area (Å²) in [7, 11) is 1.77. The summed E-state index contributed by atoms with van der Waals surface area (Å²) in [5, 5.41) is 1.02. The minimum absolute atomic E-state index is 0. The molecule has 2 N–H and O–H groups in total. The summed E-state index contributed by atoms with van der Waals surface area (Å²) in [6.07, 6.45) is 1.17. The molecule has 108 valence electrons. The average molecular weight is 326 g/mol. The van der Waals surface area contributed by atoms with Gasteiger partial charge >= 0.3 is 0 Å². The van der Waals surface area contributed by atoms with Gasteiger partial charge in [0, 0.05) is 26.1 Å². The van der Waals surface area contributed by atoms with Gasteiger partial charge in [-0.2, -0.15) is 0 Å². The van der Waals surface area contributed by atoms with Crippen LogP contribution in [0.1, 0.15) is 25.3 Å². The zero-order valence-electron chi connectivity index (χ0n) is 11.0. The Kier molecular flexibility index (Phi) is 8.42. The quantitative estimate of drug-likeness (QED) is 0.900. The second-order valence-electron chi connectivity index (χ2n) is 4.51. The van der Waals surface area contributed by atoms with E-state index in [4.69, 9.17) is 28.9 Å².